The van der Waals surface area contributed by atoms with Gasteiger partial charge in [-0.05, 0) is 13.3 Å². The van der Waals surface area contributed by atoms with Crippen LogP contribution in [-0.4, -0.2) is 25.3 Å². The van der Waals surface area contributed by atoms with E-state index in [2.05, 4.69) is 18.3 Å². The fraction of sp³-hybridized carbons (Fsp3) is 0.750. The lowest BCUT2D eigenvalue weighted by atomic mass is 9.93. The lowest BCUT2D eigenvalue weighted by Gasteiger charge is -2.23. The minimum absolute atomic E-state index is 0.236. The van der Waals surface area contributed by atoms with Gasteiger partial charge in [-0.25, -0.2) is 0 Å². The van der Waals surface area contributed by atoms with Gasteiger partial charge >= 0.3 is 0 Å². The fourth-order valence-electron chi connectivity index (χ4n) is 1.75. The molecule has 1 saturated heterocycles. The molecule has 1 atom stereocenters. The molecule has 2 aliphatic rings. The van der Waals surface area contributed by atoms with Crippen molar-refractivity contribution in [3.63, 3.8) is 0 Å². The first-order chi connectivity index (χ1) is 4.83. The third-order valence-electron chi connectivity index (χ3n) is 2.63. The lowest BCUT2D eigenvalue weighted by molar-refractivity contribution is 0.179. The summed E-state index contributed by atoms with van der Waals surface area (Å²) >= 11 is 0. The highest BCUT2D eigenvalue weighted by Gasteiger charge is 2.38. The smallest absolute Gasteiger partial charge is 0.0687 e. The van der Waals surface area contributed by atoms with Crippen LogP contribution < -0.4 is 5.32 Å². The Morgan fingerprint density at radius 1 is 1.70 bits per heavy atom. The lowest BCUT2D eigenvalue weighted by Crippen LogP contribution is -2.42. The molecular formula is C8H13NO. The van der Waals surface area contributed by atoms with Gasteiger partial charge in [-0.3, -0.25) is 0 Å². The van der Waals surface area contributed by atoms with Gasteiger partial charge in [0.05, 0.1) is 12.1 Å². The molecule has 2 nitrogen and oxygen atoms in total. The van der Waals surface area contributed by atoms with E-state index >= 15 is 0 Å². The van der Waals surface area contributed by atoms with Gasteiger partial charge in [0, 0.05) is 13.2 Å². The highest BCUT2D eigenvalue weighted by atomic mass is 16.5. The number of rotatable bonds is 0. The molecule has 2 heterocycles. The molecule has 0 amide bonds. The van der Waals surface area contributed by atoms with Crippen LogP contribution in [0.4, 0.5) is 0 Å². The highest BCUT2D eigenvalue weighted by molar-refractivity contribution is 5.25. The molecule has 1 spiro atoms. The highest BCUT2D eigenvalue weighted by Crippen LogP contribution is 2.29. The summed E-state index contributed by atoms with van der Waals surface area (Å²) < 4.78 is 5.35. The Morgan fingerprint density at radius 3 is 3.10 bits per heavy atom. The molecule has 0 unspecified atom stereocenters. The van der Waals surface area contributed by atoms with E-state index in [1.165, 1.54) is 5.57 Å². The van der Waals surface area contributed by atoms with Crippen LogP contribution in [0.3, 0.4) is 0 Å². The minimum atomic E-state index is 0.236. The number of nitrogens with one attached hydrogen (secondary N) is 1. The summed E-state index contributed by atoms with van der Waals surface area (Å²) in [6, 6.07) is 0. The standard InChI is InChI=1S/C8H13NO/c1-7-2-4-9-8(7)3-5-10-6-8/h2,9H,3-6H2,1H3/t8-/m0/s1. The topological polar surface area (TPSA) is 21.3 Å². The van der Waals surface area contributed by atoms with Crippen molar-refractivity contribution in [2.75, 3.05) is 19.8 Å². The molecule has 56 valence electrons. The first kappa shape index (κ1) is 6.38. The molecule has 0 aromatic heterocycles. The quantitative estimate of drug-likeness (QED) is 0.499. The Morgan fingerprint density at radius 2 is 2.60 bits per heavy atom. The van der Waals surface area contributed by atoms with Crippen LogP contribution in [0.5, 0.6) is 0 Å². The van der Waals surface area contributed by atoms with Crippen LogP contribution in [0.25, 0.3) is 0 Å². The number of hydrogen-bond donors (Lipinski definition) is 1. The van der Waals surface area contributed by atoms with Crippen molar-refractivity contribution in [2.24, 2.45) is 0 Å². The average molecular weight is 139 g/mol. The monoisotopic (exact) mass is 139 g/mol. The predicted octanol–water partition coefficient (Wildman–Crippen LogP) is 0.695. The SMILES string of the molecule is CC1=CCN[C@]12CCOC2. The third-order valence-corrected chi connectivity index (χ3v) is 2.63. The molecular weight excluding hydrogens is 126 g/mol. The maximum absolute atomic E-state index is 5.35. The van der Waals surface area contributed by atoms with E-state index < -0.39 is 0 Å². The van der Waals surface area contributed by atoms with Crippen LogP contribution in [0.2, 0.25) is 0 Å². The minimum Gasteiger partial charge on any atom is -0.379 e. The Balaban J connectivity index is 2.21. The second-order valence-electron chi connectivity index (χ2n) is 3.15. The van der Waals surface area contributed by atoms with Gasteiger partial charge in [-0.2, -0.15) is 0 Å². The van der Waals surface area contributed by atoms with Crippen LogP contribution in [0.15, 0.2) is 11.6 Å². The average Bonchev–Trinajstić information content (AvgIpc) is 2.48. The number of hydrogen-bond acceptors (Lipinski definition) is 2. The summed E-state index contributed by atoms with van der Waals surface area (Å²) in [5.41, 5.74) is 1.70. The van der Waals surface area contributed by atoms with Crippen molar-refractivity contribution in [3.8, 4) is 0 Å². The van der Waals surface area contributed by atoms with Crippen LogP contribution in [0.1, 0.15) is 13.3 Å². The second kappa shape index (κ2) is 2.07. The summed E-state index contributed by atoms with van der Waals surface area (Å²) in [6.45, 7) is 5.00. The van der Waals surface area contributed by atoms with E-state index in [9.17, 15) is 0 Å². The van der Waals surface area contributed by atoms with E-state index in [1.807, 2.05) is 0 Å². The molecule has 1 N–H and O–H groups in total. The van der Waals surface area contributed by atoms with Crippen LogP contribution >= 0.6 is 0 Å². The molecule has 2 heteroatoms. The van der Waals surface area contributed by atoms with Gasteiger partial charge in [0.15, 0.2) is 0 Å². The summed E-state index contributed by atoms with van der Waals surface area (Å²) in [6.07, 6.45) is 3.41. The van der Waals surface area contributed by atoms with E-state index in [1.54, 1.807) is 0 Å². The maximum atomic E-state index is 5.35. The summed E-state index contributed by atoms with van der Waals surface area (Å²) in [7, 11) is 0. The van der Waals surface area contributed by atoms with E-state index in [0.717, 1.165) is 26.2 Å². The van der Waals surface area contributed by atoms with E-state index in [0.29, 0.717) is 0 Å². The molecule has 2 aliphatic heterocycles. The first-order valence-electron chi connectivity index (χ1n) is 3.83. The summed E-state index contributed by atoms with van der Waals surface area (Å²) in [4.78, 5) is 0. The predicted molar refractivity (Wildman–Crippen MR) is 39.9 cm³/mol. The molecule has 0 aromatic rings. The molecule has 10 heavy (non-hydrogen) atoms. The van der Waals surface area contributed by atoms with Crippen LogP contribution in [0, 0.1) is 0 Å². The molecule has 0 aromatic carbocycles. The van der Waals surface area contributed by atoms with Gasteiger partial charge in [0.25, 0.3) is 0 Å². The van der Waals surface area contributed by atoms with Gasteiger partial charge in [-0.1, -0.05) is 11.6 Å². The van der Waals surface area contributed by atoms with Crippen molar-refractivity contribution >= 4 is 0 Å². The molecule has 0 saturated carbocycles. The Hall–Kier alpha value is -0.340. The molecule has 0 aliphatic carbocycles. The number of ether oxygens (including phenoxy) is 1. The van der Waals surface area contributed by atoms with Gasteiger partial charge in [0.2, 0.25) is 0 Å². The van der Waals surface area contributed by atoms with Crippen LogP contribution in [-0.2, 0) is 4.74 Å². The Kier molecular flexibility index (Phi) is 1.32. The van der Waals surface area contributed by atoms with Gasteiger partial charge in [-0.15, -0.1) is 0 Å². The fourth-order valence-corrected chi connectivity index (χ4v) is 1.75. The third kappa shape index (κ3) is 0.724. The zero-order valence-corrected chi connectivity index (χ0v) is 6.31. The zero-order chi connectivity index (χ0) is 7.03. The first-order valence-corrected chi connectivity index (χ1v) is 3.83. The van der Waals surface area contributed by atoms with E-state index in [4.69, 9.17) is 4.74 Å². The van der Waals surface area contributed by atoms with Crippen molar-refractivity contribution in [3.05, 3.63) is 11.6 Å². The van der Waals surface area contributed by atoms with Crippen molar-refractivity contribution in [2.45, 2.75) is 18.9 Å². The summed E-state index contributed by atoms with van der Waals surface area (Å²) in [5, 5.41) is 3.46. The van der Waals surface area contributed by atoms with E-state index in [-0.39, 0.29) is 5.54 Å². The van der Waals surface area contributed by atoms with Crippen molar-refractivity contribution in [1.82, 2.24) is 5.32 Å². The van der Waals surface area contributed by atoms with Gasteiger partial charge in [0.1, 0.15) is 0 Å². The zero-order valence-electron chi connectivity index (χ0n) is 6.31. The molecule has 1 fully saturated rings. The molecule has 0 radical (unpaired) electrons. The maximum Gasteiger partial charge on any atom is 0.0687 e. The Labute approximate surface area is 61.3 Å². The van der Waals surface area contributed by atoms with Crippen molar-refractivity contribution in [1.29, 1.82) is 0 Å². The molecule has 2 rings (SSSR count). The normalized spacial score (nSPS) is 39.1. The Bertz CT molecular complexity index is 168. The van der Waals surface area contributed by atoms with Gasteiger partial charge < -0.3 is 10.1 Å². The largest absolute Gasteiger partial charge is 0.379 e. The second-order valence-corrected chi connectivity index (χ2v) is 3.15. The molecule has 0 bridgehead atoms. The summed E-state index contributed by atoms with van der Waals surface area (Å²) in [5.74, 6) is 0. The van der Waals surface area contributed by atoms with Crippen molar-refractivity contribution < 1.29 is 4.74 Å².